The number of carboxylic acids is 1. The lowest BCUT2D eigenvalue weighted by molar-refractivity contribution is -0.131. The molecular weight excluding hydrogens is 282 g/mol. The Morgan fingerprint density at radius 3 is 2.73 bits per heavy atom. The van der Waals surface area contributed by atoms with Gasteiger partial charge in [-0.05, 0) is 56.4 Å². The molecule has 0 radical (unpaired) electrons. The number of ether oxygens (including phenoxy) is 1. The molecule has 1 atom stereocenters. The van der Waals surface area contributed by atoms with E-state index in [0.29, 0.717) is 0 Å². The van der Waals surface area contributed by atoms with E-state index in [1.54, 1.807) is 6.08 Å². The lowest BCUT2D eigenvalue weighted by Crippen LogP contribution is -2.34. The Morgan fingerprint density at radius 2 is 2.09 bits per heavy atom. The number of amides is 1. The summed E-state index contributed by atoms with van der Waals surface area (Å²) in [6, 6.07) is 5.70. The molecule has 0 heterocycles. The fourth-order valence-electron chi connectivity index (χ4n) is 2.51. The number of carbonyl (C=O) groups is 2. The topological polar surface area (TPSA) is 75.6 Å². The smallest absolute Gasteiger partial charge is 0.408 e. The van der Waals surface area contributed by atoms with Crippen LogP contribution in [-0.4, -0.2) is 22.8 Å². The second kappa shape index (κ2) is 6.22. The van der Waals surface area contributed by atoms with Gasteiger partial charge in [-0.3, -0.25) is 0 Å². The van der Waals surface area contributed by atoms with Crippen LogP contribution in [0.25, 0.3) is 6.08 Å². The molecule has 5 heteroatoms. The number of benzene rings is 1. The molecule has 0 spiro atoms. The maximum absolute atomic E-state index is 11.9. The first-order valence-electron chi connectivity index (χ1n) is 7.28. The summed E-state index contributed by atoms with van der Waals surface area (Å²) in [6.45, 7) is 5.49. The molecule has 1 aliphatic carbocycles. The zero-order chi connectivity index (χ0) is 16.3. The molecule has 2 N–H and O–H groups in total. The summed E-state index contributed by atoms with van der Waals surface area (Å²) in [5, 5.41) is 11.5. The van der Waals surface area contributed by atoms with E-state index in [2.05, 4.69) is 5.32 Å². The molecule has 2 rings (SSSR count). The summed E-state index contributed by atoms with van der Waals surface area (Å²) < 4.78 is 5.28. The number of alkyl carbamates (subject to hydrolysis) is 1. The third kappa shape index (κ3) is 4.35. The maximum atomic E-state index is 11.9. The number of hydrogen-bond donors (Lipinski definition) is 2. The molecule has 0 fully saturated rings. The van der Waals surface area contributed by atoms with Crippen LogP contribution < -0.4 is 5.32 Å². The lowest BCUT2D eigenvalue weighted by Gasteiger charge is -2.22. The molecule has 118 valence electrons. The number of nitrogens with one attached hydrogen (secondary N) is 1. The molecule has 1 aliphatic rings. The summed E-state index contributed by atoms with van der Waals surface area (Å²) in [5.74, 6) is -0.968. The maximum Gasteiger partial charge on any atom is 0.408 e. The fourth-order valence-corrected chi connectivity index (χ4v) is 2.51. The third-order valence-electron chi connectivity index (χ3n) is 3.35. The Labute approximate surface area is 130 Å². The highest BCUT2D eigenvalue weighted by Crippen LogP contribution is 2.32. The molecule has 22 heavy (non-hydrogen) atoms. The summed E-state index contributed by atoms with van der Waals surface area (Å²) in [6.07, 6.45) is 3.94. The highest BCUT2D eigenvalue weighted by atomic mass is 16.6. The van der Waals surface area contributed by atoms with Crippen molar-refractivity contribution in [3.8, 4) is 0 Å². The van der Waals surface area contributed by atoms with E-state index in [4.69, 9.17) is 9.84 Å². The van der Waals surface area contributed by atoms with Crippen molar-refractivity contribution in [3.63, 3.8) is 0 Å². The van der Waals surface area contributed by atoms with Crippen molar-refractivity contribution in [2.75, 3.05) is 0 Å². The number of fused-ring (bicyclic) bond motifs is 1. The molecule has 1 aromatic rings. The quantitative estimate of drug-likeness (QED) is 0.840. The van der Waals surface area contributed by atoms with E-state index < -0.39 is 17.7 Å². The largest absolute Gasteiger partial charge is 0.478 e. The van der Waals surface area contributed by atoms with Gasteiger partial charge in [0.15, 0.2) is 0 Å². The third-order valence-corrected chi connectivity index (χ3v) is 3.35. The lowest BCUT2D eigenvalue weighted by atomic mass is 10.0. The number of rotatable bonds is 3. The minimum atomic E-state index is -0.968. The van der Waals surface area contributed by atoms with E-state index in [-0.39, 0.29) is 6.04 Å². The molecule has 0 bridgehead atoms. The van der Waals surface area contributed by atoms with Crippen molar-refractivity contribution in [2.45, 2.75) is 45.3 Å². The van der Waals surface area contributed by atoms with Gasteiger partial charge in [-0.2, -0.15) is 0 Å². The van der Waals surface area contributed by atoms with Gasteiger partial charge >= 0.3 is 12.1 Å². The minimum absolute atomic E-state index is 0.0534. The van der Waals surface area contributed by atoms with Gasteiger partial charge in [0.1, 0.15) is 5.60 Å². The van der Waals surface area contributed by atoms with Crippen LogP contribution in [0.3, 0.4) is 0 Å². The predicted octanol–water partition coefficient (Wildman–Crippen LogP) is 3.30. The van der Waals surface area contributed by atoms with Gasteiger partial charge in [0, 0.05) is 6.08 Å². The average Bonchev–Trinajstić information content (AvgIpc) is 2.76. The van der Waals surface area contributed by atoms with Crippen LogP contribution in [0.4, 0.5) is 4.79 Å². The van der Waals surface area contributed by atoms with E-state index in [1.165, 1.54) is 0 Å². The predicted molar refractivity (Wildman–Crippen MR) is 83.5 cm³/mol. The molecular formula is C17H21NO4. The Hall–Kier alpha value is -2.30. The van der Waals surface area contributed by atoms with Gasteiger partial charge in [-0.25, -0.2) is 9.59 Å². The number of carbonyl (C=O) groups excluding carboxylic acids is 1. The highest BCUT2D eigenvalue weighted by molar-refractivity contribution is 5.85. The number of hydrogen-bond acceptors (Lipinski definition) is 3. The van der Waals surface area contributed by atoms with Crippen molar-refractivity contribution in [1.82, 2.24) is 5.32 Å². The first kappa shape index (κ1) is 16.1. The zero-order valence-electron chi connectivity index (χ0n) is 13.1. The van der Waals surface area contributed by atoms with Crippen LogP contribution in [0.1, 0.15) is 49.9 Å². The number of aryl methyl sites for hydroxylation is 1. The van der Waals surface area contributed by atoms with Crippen LogP contribution in [0, 0.1) is 0 Å². The van der Waals surface area contributed by atoms with Gasteiger partial charge in [0.2, 0.25) is 0 Å². The van der Waals surface area contributed by atoms with Gasteiger partial charge in [0.05, 0.1) is 6.04 Å². The second-order valence-electron chi connectivity index (χ2n) is 6.37. The summed E-state index contributed by atoms with van der Waals surface area (Å²) in [4.78, 5) is 22.4. The molecule has 1 unspecified atom stereocenters. The van der Waals surface area contributed by atoms with Crippen LogP contribution >= 0.6 is 0 Å². The van der Waals surface area contributed by atoms with Crippen molar-refractivity contribution in [1.29, 1.82) is 0 Å². The summed E-state index contributed by atoms with van der Waals surface area (Å²) in [7, 11) is 0. The van der Waals surface area contributed by atoms with Gasteiger partial charge < -0.3 is 15.2 Å². The van der Waals surface area contributed by atoms with Gasteiger partial charge in [-0.1, -0.05) is 18.2 Å². The molecule has 1 aromatic carbocycles. The normalized spacial score (nSPS) is 17.3. The molecule has 0 saturated carbocycles. The second-order valence-corrected chi connectivity index (χ2v) is 6.37. The Bertz CT molecular complexity index is 614. The monoisotopic (exact) mass is 303 g/mol. The van der Waals surface area contributed by atoms with E-state index >= 15 is 0 Å². The number of carboxylic acid groups (broad SMARTS) is 1. The molecule has 0 saturated heterocycles. The Kier molecular flexibility index (Phi) is 4.54. The molecule has 0 aromatic heterocycles. The first-order chi connectivity index (χ1) is 10.2. The van der Waals surface area contributed by atoms with Crippen molar-refractivity contribution >= 4 is 18.1 Å². The van der Waals surface area contributed by atoms with Crippen molar-refractivity contribution < 1.29 is 19.4 Å². The van der Waals surface area contributed by atoms with Gasteiger partial charge in [0.25, 0.3) is 0 Å². The molecule has 0 aliphatic heterocycles. The minimum Gasteiger partial charge on any atom is -0.478 e. The Balaban J connectivity index is 2.07. The highest BCUT2D eigenvalue weighted by Gasteiger charge is 2.26. The fraction of sp³-hybridized carbons (Fsp3) is 0.412. The van der Waals surface area contributed by atoms with Crippen molar-refractivity contribution in [3.05, 3.63) is 41.0 Å². The van der Waals surface area contributed by atoms with E-state index in [1.807, 2.05) is 39.0 Å². The summed E-state index contributed by atoms with van der Waals surface area (Å²) >= 11 is 0. The van der Waals surface area contributed by atoms with Crippen molar-refractivity contribution in [2.24, 2.45) is 0 Å². The zero-order valence-corrected chi connectivity index (χ0v) is 13.1. The van der Waals surface area contributed by atoms with Crippen LogP contribution in [0.15, 0.2) is 24.3 Å². The number of aliphatic carboxylic acids is 1. The molecule has 5 nitrogen and oxygen atoms in total. The standard InChI is InChI=1S/C17H21NO4/c1-17(2,3)22-16(21)18-14-8-6-12-10-11(4-7-13(12)14)5-9-15(19)20/h4-5,7,9-10,14H,6,8H2,1-3H3,(H,18,21)(H,19,20). The summed E-state index contributed by atoms with van der Waals surface area (Å²) in [5.41, 5.74) is 2.53. The Morgan fingerprint density at radius 1 is 1.36 bits per heavy atom. The molecule has 1 amide bonds. The average molecular weight is 303 g/mol. The van der Waals surface area contributed by atoms with Crippen LogP contribution in [0.5, 0.6) is 0 Å². The van der Waals surface area contributed by atoms with E-state index in [0.717, 1.165) is 35.6 Å². The first-order valence-corrected chi connectivity index (χ1v) is 7.28. The SMILES string of the molecule is CC(C)(C)OC(=O)NC1CCc2cc(C=CC(=O)O)ccc21. The van der Waals surface area contributed by atoms with Gasteiger partial charge in [-0.15, -0.1) is 0 Å². The van der Waals surface area contributed by atoms with E-state index in [9.17, 15) is 9.59 Å². The van der Waals surface area contributed by atoms with Crippen LogP contribution in [-0.2, 0) is 16.0 Å². The van der Waals surface area contributed by atoms with Crippen LogP contribution in [0.2, 0.25) is 0 Å².